The van der Waals surface area contributed by atoms with E-state index in [4.69, 9.17) is 10.7 Å². The summed E-state index contributed by atoms with van der Waals surface area (Å²) in [5.41, 5.74) is 10.1. The predicted octanol–water partition coefficient (Wildman–Crippen LogP) is 3.25. The van der Waals surface area contributed by atoms with E-state index in [2.05, 4.69) is 25.3 Å². The monoisotopic (exact) mass is 587 g/mol. The summed E-state index contributed by atoms with van der Waals surface area (Å²) >= 11 is 0. The highest BCUT2D eigenvalue weighted by atomic mass is 32.2. The van der Waals surface area contributed by atoms with Crippen molar-refractivity contribution in [3.05, 3.63) is 72.5 Å². The number of amides is 1. The van der Waals surface area contributed by atoms with Crippen LogP contribution in [0.3, 0.4) is 0 Å². The van der Waals surface area contributed by atoms with E-state index >= 15 is 0 Å². The molecule has 2 bridgehead atoms. The van der Waals surface area contributed by atoms with Crippen LogP contribution in [-0.4, -0.2) is 72.3 Å². The lowest BCUT2D eigenvalue weighted by atomic mass is 9.87. The molecule has 214 valence electrons. The number of aromatic nitrogens is 7. The fraction of sp³-hybridized carbons (Fsp3) is 0.286. The summed E-state index contributed by atoms with van der Waals surface area (Å²) in [6.07, 6.45) is 8.44. The number of sulfone groups is 1. The van der Waals surface area contributed by atoms with E-state index in [9.17, 15) is 17.6 Å². The molecule has 2 saturated heterocycles. The van der Waals surface area contributed by atoms with Gasteiger partial charge < -0.3 is 15.6 Å². The molecular formula is C28H26FN9O3S. The summed E-state index contributed by atoms with van der Waals surface area (Å²) in [4.78, 5) is 27.2. The lowest BCUT2D eigenvalue weighted by Gasteiger charge is -2.38. The largest absolute Gasteiger partial charge is 0.382 e. The number of hydrogen-bond acceptors (Lipinski definition) is 9. The second-order valence-corrected chi connectivity index (χ2v) is 12.8. The van der Waals surface area contributed by atoms with Crippen LogP contribution in [0, 0.1) is 5.82 Å². The van der Waals surface area contributed by atoms with Crippen molar-refractivity contribution in [3.8, 4) is 22.4 Å². The van der Waals surface area contributed by atoms with E-state index in [0.717, 1.165) is 24.7 Å². The molecule has 5 aromatic rings. The third kappa shape index (κ3) is 4.29. The number of nitrogen functional groups attached to an aromatic ring is 1. The van der Waals surface area contributed by atoms with Gasteiger partial charge in [-0.15, -0.1) is 10.2 Å². The molecule has 0 unspecified atom stereocenters. The topological polar surface area (TPSA) is 165 Å². The van der Waals surface area contributed by atoms with Crippen LogP contribution in [0.5, 0.6) is 0 Å². The van der Waals surface area contributed by atoms with Gasteiger partial charge in [0.05, 0.1) is 17.6 Å². The second-order valence-electron chi connectivity index (χ2n) is 10.8. The van der Waals surface area contributed by atoms with Crippen LogP contribution in [0.1, 0.15) is 47.9 Å². The molecule has 0 saturated carbocycles. The Morgan fingerprint density at radius 3 is 2.38 bits per heavy atom. The van der Waals surface area contributed by atoms with Crippen LogP contribution in [0.15, 0.2) is 60.0 Å². The zero-order valence-corrected chi connectivity index (χ0v) is 23.3. The normalized spacial score (nSPS) is 20.3. The van der Waals surface area contributed by atoms with E-state index in [-0.39, 0.29) is 46.3 Å². The van der Waals surface area contributed by atoms with Gasteiger partial charge in [0.2, 0.25) is 5.82 Å². The Morgan fingerprint density at radius 2 is 1.76 bits per heavy atom. The van der Waals surface area contributed by atoms with E-state index in [1.165, 1.54) is 23.0 Å². The van der Waals surface area contributed by atoms with Crippen LogP contribution < -0.4 is 5.73 Å². The van der Waals surface area contributed by atoms with Crippen LogP contribution in [-0.2, 0) is 9.84 Å². The first-order chi connectivity index (χ1) is 20.2. The number of anilines is 1. The first-order valence-electron chi connectivity index (χ1n) is 13.5. The molecule has 1 amide bonds. The third-order valence-electron chi connectivity index (χ3n) is 8.22. The van der Waals surface area contributed by atoms with E-state index in [0.29, 0.717) is 41.0 Å². The molecule has 14 heteroatoms. The number of benzene rings is 1. The van der Waals surface area contributed by atoms with Crippen molar-refractivity contribution in [2.24, 2.45) is 0 Å². The fourth-order valence-electron chi connectivity index (χ4n) is 6.39. The van der Waals surface area contributed by atoms with Crippen LogP contribution in [0.25, 0.3) is 28.0 Å². The van der Waals surface area contributed by atoms with Gasteiger partial charge in [-0.1, -0.05) is 6.07 Å². The van der Waals surface area contributed by atoms with E-state index < -0.39 is 9.84 Å². The standard InChI is InChI=1S/C28H26FN9O3S/c1-42(40,41)24-23(17-10-19-7-8-20(11-17)37(19)28(39)26-32-14-33-36-26)35-27-21(13-34-38(27)25(24)30)16-4-9-22(31-12-16)15-2-5-18(29)6-3-15/h2-6,9,12-14,17,19-20H,7-8,10-11,30H2,1H3,(H,32,33,36)/t17-,19-,20+. The third-order valence-corrected chi connectivity index (χ3v) is 9.38. The summed E-state index contributed by atoms with van der Waals surface area (Å²) in [7, 11) is -3.77. The molecular weight excluding hydrogens is 561 g/mol. The number of carbonyl (C=O) groups excluding carboxylic acids is 1. The summed E-state index contributed by atoms with van der Waals surface area (Å²) < 4.78 is 40.8. The summed E-state index contributed by atoms with van der Waals surface area (Å²) in [5.74, 6) is -0.588. The van der Waals surface area contributed by atoms with Crippen LogP contribution in [0.2, 0.25) is 0 Å². The molecule has 1 aromatic carbocycles. The first-order valence-corrected chi connectivity index (χ1v) is 15.4. The fourth-order valence-corrected chi connectivity index (χ4v) is 7.45. The molecule has 0 spiro atoms. The van der Waals surface area contributed by atoms with Crippen molar-refractivity contribution < 1.29 is 17.6 Å². The van der Waals surface area contributed by atoms with Crippen molar-refractivity contribution >= 4 is 27.2 Å². The number of fused-ring (bicyclic) bond motifs is 3. The Morgan fingerprint density at radius 1 is 1.05 bits per heavy atom. The highest BCUT2D eigenvalue weighted by Crippen LogP contribution is 2.45. The summed E-state index contributed by atoms with van der Waals surface area (Å²) in [6, 6.07) is 9.57. The summed E-state index contributed by atoms with van der Waals surface area (Å²) in [5, 5.41) is 12.0. The molecule has 4 aromatic heterocycles. The highest BCUT2D eigenvalue weighted by molar-refractivity contribution is 7.91. The van der Waals surface area contributed by atoms with Gasteiger partial charge in [0.1, 0.15) is 22.9 Å². The predicted molar refractivity (Wildman–Crippen MR) is 150 cm³/mol. The van der Waals surface area contributed by atoms with Gasteiger partial charge in [0.25, 0.3) is 5.91 Å². The Hall–Kier alpha value is -4.72. The maximum absolute atomic E-state index is 13.4. The van der Waals surface area contributed by atoms with E-state index in [1.54, 1.807) is 24.5 Å². The molecule has 7 rings (SSSR count). The minimum absolute atomic E-state index is 0.00726. The average Bonchev–Trinajstić information content (AvgIpc) is 3.71. The molecule has 42 heavy (non-hydrogen) atoms. The number of halogens is 1. The van der Waals surface area contributed by atoms with Gasteiger partial charge in [0.15, 0.2) is 15.5 Å². The molecule has 3 N–H and O–H groups in total. The minimum atomic E-state index is -3.77. The lowest BCUT2D eigenvalue weighted by Crippen LogP contribution is -2.46. The van der Waals surface area contributed by atoms with Crippen molar-refractivity contribution in [2.75, 3.05) is 12.0 Å². The Kier molecular flexibility index (Phi) is 6.04. The smallest absolute Gasteiger partial charge is 0.292 e. The van der Waals surface area contributed by atoms with E-state index in [1.807, 2.05) is 17.0 Å². The number of carbonyl (C=O) groups is 1. The van der Waals surface area contributed by atoms with Crippen molar-refractivity contribution in [3.63, 3.8) is 0 Å². The number of hydrogen-bond donors (Lipinski definition) is 2. The second kappa shape index (κ2) is 9.69. The first kappa shape index (κ1) is 26.2. The number of pyridine rings is 1. The van der Waals surface area contributed by atoms with Crippen molar-refractivity contribution in [1.82, 2.24) is 39.7 Å². The number of rotatable bonds is 5. The molecule has 2 aliphatic rings. The number of aromatic amines is 1. The molecule has 0 aliphatic carbocycles. The molecule has 3 atom stereocenters. The quantitative estimate of drug-likeness (QED) is 0.314. The Labute approximate surface area is 239 Å². The number of piperidine rings is 1. The van der Waals surface area contributed by atoms with Gasteiger partial charge in [-0.2, -0.15) is 9.61 Å². The number of nitrogens with zero attached hydrogens (tertiary/aromatic N) is 7. The Balaban J connectivity index is 1.27. The minimum Gasteiger partial charge on any atom is -0.382 e. The molecule has 2 aliphatic heterocycles. The zero-order chi connectivity index (χ0) is 29.2. The van der Waals surface area contributed by atoms with Crippen molar-refractivity contribution in [1.29, 1.82) is 0 Å². The summed E-state index contributed by atoms with van der Waals surface area (Å²) in [6.45, 7) is 0. The zero-order valence-electron chi connectivity index (χ0n) is 22.5. The van der Waals surface area contributed by atoms with Crippen LogP contribution in [0.4, 0.5) is 10.2 Å². The van der Waals surface area contributed by atoms with Gasteiger partial charge in [-0.05, 0) is 56.0 Å². The van der Waals surface area contributed by atoms with Crippen molar-refractivity contribution in [2.45, 2.75) is 48.6 Å². The van der Waals surface area contributed by atoms with Gasteiger partial charge in [-0.3, -0.25) is 9.78 Å². The van der Waals surface area contributed by atoms with Gasteiger partial charge in [-0.25, -0.2) is 17.8 Å². The average molecular weight is 588 g/mol. The molecule has 2 fully saturated rings. The highest BCUT2D eigenvalue weighted by Gasteiger charge is 2.46. The van der Waals surface area contributed by atoms with Crippen LogP contribution >= 0.6 is 0 Å². The van der Waals surface area contributed by atoms with Gasteiger partial charge in [0, 0.05) is 47.1 Å². The maximum Gasteiger partial charge on any atom is 0.292 e. The molecule has 6 heterocycles. The number of nitrogens with two attached hydrogens (primary N) is 1. The maximum atomic E-state index is 13.4. The lowest BCUT2D eigenvalue weighted by molar-refractivity contribution is 0.0556. The SMILES string of the molecule is CS(=O)(=O)c1c([C@@H]2C[C@H]3CC[C@@H](C2)N3C(=O)c2nnc[nH]2)nc2c(-c3ccc(-c4ccc(F)cc4)nc3)cnn2c1N. The van der Waals surface area contributed by atoms with Gasteiger partial charge >= 0.3 is 0 Å². The molecule has 0 radical (unpaired) electrons. The Bertz CT molecular complexity index is 1910. The number of nitrogens with one attached hydrogen (secondary N) is 1. The number of H-pyrrole nitrogens is 1. The molecule has 12 nitrogen and oxygen atoms in total.